The molecular formula is C31H32N8O3. The number of aromatic nitrogens is 5. The highest BCUT2D eigenvalue weighted by molar-refractivity contribution is 5.98. The molecule has 3 N–H and O–H groups in total. The molecule has 2 aromatic carbocycles. The van der Waals surface area contributed by atoms with Gasteiger partial charge in [0.05, 0.1) is 23.5 Å². The minimum Gasteiger partial charge on any atom is -0.465 e. The van der Waals surface area contributed by atoms with Gasteiger partial charge in [0.25, 0.3) is 0 Å². The first-order valence-corrected chi connectivity index (χ1v) is 13.9. The van der Waals surface area contributed by atoms with Crippen LogP contribution in [0.2, 0.25) is 0 Å². The van der Waals surface area contributed by atoms with Crippen LogP contribution >= 0.6 is 0 Å². The molecular weight excluding hydrogens is 532 g/mol. The minimum atomic E-state index is -0.909. The Bertz CT molecular complexity index is 1740. The van der Waals surface area contributed by atoms with Gasteiger partial charge in [-0.25, -0.2) is 19.7 Å². The number of likely N-dealkylation sites (tertiary alicyclic amines) is 1. The molecule has 4 heterocycles. The lowest BCUT2D eigenvalue weighted by molar-refractivity contribution is 0.132. The molecule has 42 heavy (non-hydrogen) atoms. The summed E-state index contributed by atoms with van der Waals surface area (Å²) in [5, 5.41) is 22.6. The van der Waals surface area contributed by atoms with Gasteiger partial charge < -0.3 is 25.4 Å². The summed E-state index contributed by atoms with van der Waals surface area (Å²) in [4.78, 5) is 26.6. The predicted molar refractivity (Wildman–Crippen MR) is 161 cm³/mol. The smallest absolute Gasteiger partial charge is 0.407 e. The van der Waals surface area contributed by atoms with Crippen LogP contribution in [0.1, 0.15) is 24.1 Å². The maximum Gasteiger partial charge on any atom is 0.407 e. The van der Waals surface area contributed by atoms with Crippen LogP contribution < -0.4 is 15.4 Å². The van der Waals surface area contributed by atoms with Gasteiger partial charge in [-0.05, 0) is 55.7 Å². The molecule has 3 aromatic heterocycles. The maximum absolute atomic E-state index is 11.4. The third-order valence-electron chi connectivity index (χ3n) is 7.36. The molecule has 11 heteroatoms. The monoisotopic (exact) mass is 564 g/mol. The highest BCUT2D eigenvalue weighted by atomic mass is 16.5. The van der Waals surface area contributed by atoms with Crippen LogP contribution in [0, 0.1) is 6.92 Å². The number of amides is 1. The van der Waals surface area contributed by atoms with Crippen molar-refractivity contribution < 1.29 is 14.6 Å². The Balaban J connectivity index is 1.27. The number of anilines is 2. The second-order valence-corrected chi connectivity index (χ2v) is 10.4. The molecule has 5 aromatic rings. The molecule has 0 aliphatic carbocycles. The standard InChI is InChI=1S/C31H32N8O3/c1-20-10-11-23-24(7-3-9-26(23)34-18-21-13-17-38(2)37-21)28(20)42-29-25(8-4-14-32-29)27-12-15-33-30(36-27)35-22-6-5-16-39(19-22)31(40)41/h3-4,7-15,17,22,34H,5-6,16,18-19H2,1-2H3,(H,40,41)(H,33,35,36). The second-order valence-electron chi connectivity index (χ2n) is 10.4. The zero-order valence-electron chi connectivity index (χ0n) is 23.5. The van der Waals surface area contributed by atoms with Gasteiger partial charge in [0.2, 0.25) is 11.8 Å². The summed E-state index contributed by atoms with van der Waals surface area (Å²) in [7, 11) is 1.91. The Morgan fingerprint density at radius 1 is 1.07 bits per heavy atom. The summed E-state index contributed by atoms with van der Waals surface area (Å²) in [6.07, 6.45) is 6.03. The average Bonchev–Trinajstić information content (AvgIpc) is 3.42. The predicted octanol–water partition coefficient (Wildman–Crippen LogP) is 5.69. The van der Waals surface area contributed by atoms with E-state index in [0.717, 1.165) is 51.9 Å². The van der Waals surface area contributed by atoms with E-state index >= 15 is 0 Å². The van der Waals surface area contributed by atoms with Gasteiger partial charge in [0, 0.05) is 61.2 Å². The normalized spacial score (nSPS) is 15.0. The van der Waals surface area contributed by atoms with Gasteiger partial charge in [0.15, 0.2) is 0 Å². The first-order valence-electron chi connectivity index (χ1n) is 13.9. The van der Waals surface area contributed by atoms with Gasteiger partial charge in [-0.3, -0.25) is 4.68 Å². The van der Waals surface area contributed by atoms with Crippen LogP contribution in [0.4, 0.5) is 16.4 Å². The van der Waals surface area contributed by atoms with Gasteiger partial charge in [-0.1, -0.05) is 24.3 Å². The van der Waals surface area contributed by atoms with E-state index < -0.39 is 6.09 Å². The average molecular weight is 565 g/mol. The van der Waals surface area contributed by atoms with Crippen LogP contribution in [-0.2, 0) is 13.6 Å². The van der Waals surface area contributed by atoms with E-state index in [1.807, 2.05) is 68.7 Å². The van der Waals surface area contributed by atoms with Crippen molar-refractivity contribution in [3.63, 3.8) is 0 Å². The van der Waals surface area contributed by atoms with E-state index in [9.17, 15) is 9.90 Å². The van der Waals surface area contributed by atoms with E-state index in [0.29, 0.717) is 37.2 Å². The van der Waals surface area contributed by atoms with Crippen molar-refractivity contribution in [1.82, 2.24) is 29.6 Å². The molecule has 1 aliphatic rings. The number of aryl methyl sites for hydroxylation is 2. The summed E-state index contributed by atoms with van der Waals surface area (Å²) in [6, 6.07) is 17.8. The number of hydrogen-bond acceptors (Lipinski definition) is 8. The van der Waals surface area contributed by atoms with Crippen molar-refractivity contribution in [3.8, 4) is 22.9 Å². The zero-order valence-corrected chi connectivity index (χ0v) is 23.5. The van der Waals surface area contributed by atoms with Crippen molar-refractivity contribution >= 4 is 28.5 Å². The quantitative estimate of drug-likeness (QED) is 0.217. The number of nitrogens with one attached hydrogen (secondary N) is 2. The number of nitrogens with zero attached hydrogens (tertiary/aromatic N) is 6. The SMILES string of the molecule is Cc1ccc2c(NCc3ccn(C)n3)cccc2c1Oc1ncccc1-c1ccnc(NC2CCCN(C(=O)O)C2)n1. The molecule has 11 nitrogen and oxygen atoms in total. The van der Waals surface area contributed by atoms with Crippen molar-refractivity contribution in [2.24, 2.45) is 7.05 Å². The molecule has 1 fully saturated rings. The maximum atomic E-state index is 11.4. The number of carbonyl (C=O) groups is 1. The molecule has 0 radical (unpaired) electrons. The zero-order chi connectivity index (χ0) is 29.1. The van der Waals surface area contributed by atoms with Crippen molar-refractivity contribution in [3.05, 3.63) is 84.4 Å². The number of piperidine rings is 1. The molecule has 1 amide bonds. The minimum absolute atomic E-state index is 0.0615. The lowest BCUT2D eigenvalue weighted by Crippen LogP contribution is -2.44. The number of carboxylic acid groups (broad SMARTS) is 1. The Morgan fingerprint density at radius 2 is 1.98 bits per heavy atom. The Morgan fingerprint density at radius 3 is 2.81 bits per heavy atom. The number of benzene rings is 2. The van der Waals surface area contributed by atoms with Gasteiger partial charge in [-0.15, -0.1) is 0 Å². The van der Waals surface area contributed by atoms with Crippen molar-refractivity contribution in [1.29, 1.82) is 0 Å². The van der Waals surface area contributed by atoms with Gasteiger partial charge in [0.1, 0.15) is 5.75 Å². The van der Waals surface area contributed by atoms with E-state index in [4.69, 9.17) is 9.72 Å². The first-order chi connectivity index (χ1) is 20.4. The van der Waals surface area contributed by atoms with Crippen LogP contribution in [-0.4, -0.2) is 60.0 Å². The summed E-state index contributed by atoms with van der Waals surface area (Å²) >= 11 is 0. The van der Waals surface area contributed by atoms with Crippen LogP contribution in [0.5, 0.6) is 11.6 Å². The molecule has 214 valence electrons. The topological polar surface area (TPSA) is 130 Å². The molecule has 1 aliphatic heterocycles. The molecule has 6 rings (SSSR count). The number of pyridine rings is 1. The Kier molecular flexibility index (Phi) is 7.54. The van der Waals surface area contributed by atoms with E-state index in [-0.39, 0.29) is 6.04 Å². The van der Waals surface area contributed by atoms with Crippen molar-refractivity contribution in [2.45, 2.75) is 32.4 Å². The van der Waals surface area contributed by atoms with Gasteiger partial charge >= 0.3 is 6.09 Å². The summed E-state index contributed by atoms with van der Waals surface area (Å²) in [5.41, 5.74) is 4.29. The first kappa shape index (κ1) is 27.0. The molecule has 0 saturated carbocycles. The third-order valence-corrected chi connectivity index (χ3v) is 7.36. The summed E-state index contributed by atoms with van der Waals surface area (Å²) in [5.74, 6) is 1.58. The van der Waals surface area contributed by atoms with E-state index in [2.05, 4.69) is 31.8 Å². The molecule has 1 unspecified atom stereocenters. The fourth-order valence-electron chi connectivity index (χ4n) is 5.27. The van der Waals surface area contributed by atoms with Gasteiger partial charge in [-0.2, -0.15) is 5.10 Å². The lowest BCUT2D eigenvalue weighted by atomic mass is 10.0. The third kappa shape index (κ3) is 5.80. The molecule has 0 bridgehead atoms. The van der Waals surface area contributed by atoms with Crippen molar-refractivity contribution in [2.75, 3.05) is 23.7 Å². The molecule has 0 spiro atoms. The van der Waals surface area contributed by atoms with Crippen LogP contribution in [0.15, 0.2) is 73.2 Å². The van der Waals surface area contributed by atoms with Crippen LogP contribution in [0.3, 0.4) is 0 Å². The molecule has 1 saturated heterocycles. The fraction of sp³-hybridized carbons (Fsp3) is 0.258. The second kappa shape index (κ2) is 11.7. The highest BCUT2D eigenvalue weighted by Gasteiger charge is 2.24. The number of fused-ring (bicyclic) bond motifs is 1. The van der Waals surface area contributed by atoms with E-state index in [1.54, 1.807) is 17.1 Å². The fourth-order valence-corrected chi connectivity index (χ4v) is 5.27. The molecule has 1 atom stereocenters. The summed E-state index contributed by atoms with van der Waals surface area (Å²) in [6.45, 7) is 3.56. The Labute approximate surface area is 243 Å². The number of rotatable bonds is 8. The number of ether oxygens (including phenoxy) is 1. The van der Waals surface area contributed by atoms with Crippen LogP contribution in [0.25, 0.3) is 22.0 Å². The number of hydrogen-bond donors (Lipinski definition) is 3. The highest BCUT2D eigenvalue weighted by Crippen LogP contribution is 2.38. The lowest BCUT2D eigenvalue weighted by Gasteiger charge is -2.31. The van der Waals surface area contributed by atoms with E-state index in [1.165, 1.54) is 4.90 Å². The largest absolute Gasteiger partial charge is 0.465 e. The summed E-state index contributed by atoms with van der Waals surface area (Å²) < 4.78 is 8.34. The Hall–Kier alpha value is -5.19.